The molecule has 7 N–H and O–H groups in total. The third-order valence-corrected chi connectivity index (χ3v) is 5.62. The first-order valence-corrected chi connectivity index (χ1v) is 11.8. The van der Waals surface area contributed by atoms with Crippen LogP contribution in [0.1, 0.15) is 12.0 Å². The number of hydroxylamine groups is 1. The van der Waals surface area contributed by atoms with Gasteiger partial charge < -0.3 is 20.7 Å². The number of benzene rings is 2. The summed E-state index contributed by atoms with van der Waals surface area (Å²) in [7, 11) is -4.21. The number of nitrogens with two attached hydrogens (primary N) is 1. The first kappa shape index (κ1) is 32.1. The van der Waals surface area contributed by atoms with Gasteiger partial charge in [0.1, 0.15) is 17.6 Å². The zero-order valence-electron chi connectivity index (χ0n) is 19.4. The fourth-order valence-electron chi connectivity index (χ4n) is 2.48. The second kappa shape index (κ2) is 14.7. The van der Waals surface area contributed by atoms with Crippen LogP contribution in [0.15, 0.2) is 53.4 Å². The normalized spacial score (nSPS) is 12.0. The molecule has 0 aliphatic carbocycles. The summed E-state index contributed by atoms with van der Waals surface area (Å²) in [4.78, 5) is 25.0. The highest BCUT2D eigenvalue weighted by molar-refractivity contribution is 7.89. The lowest BCUT2D eigenvalue weighted by Gasteiger charge is -2.15. The number of nitrogens with one attached hydrogen (secondary N) is 3. The highest BCUT2D eigenvalue weighted by Crippen LogP contribution is 2.16. The number of rotatable bonds is 12. The van der Waals surface area contributed by atoms with E-state index in [0.717, 1.165) is 12.1 Å². The number of sulfonamides is 1. The standard InChI is InChI=1S/C19H23FN4O6S.C2HF3O2/c20-14-3-1-4-16(12-14)31(27,28)24-17(18(25)26)11-13-5-7-15(8-6-13)29-9-2-10-30-23-19(21)22;3-2(4,5)1(6)7/h1,3-8,12,17,24H,2,9-11H2,(H,25,26)(H4,21,22,23);(H,6,7)/t17-;/m0./s1. The Morgan fingerprint density at radius 3 is 2.18 bits per heavy atom. The van der Waals surface area contributed by atoms with Gasteiger partial charge in [-0.15, -0.1) is 0 Å². The van der Waals surface area contributed by atoms with Crippen molar-refractivity contribution in [2.24, 2.45) is 5.73 Å². The van der Waals surface area contributed by atoms with E-state index in [4.69, 9.17) is 30.6 Å². The molecule has 0 amide bonds. The van der Waals surface area contributed by atoms with E-state index < -0.39 is 40.0 Å². The molecule has 0 radical (unpaired) electrons. The molecule has 2 rings (SSSR count). The van der Waals surface area contributed by atoms with Crippen LogP contribution in [0.5, 0.6) is 5.75 Å². The molecule has 2 aromatic carbocycles. The number of ether oxygens (including phenoxy) is 1. The zero-order valence-corrected chi connectivity index (χ0v) is 20.2. The summed E-state index contributed by atoms with van der Waals surface area (Å²) in [6, 6.07) is 9.37. The zero-order chi connectivity index (χ0) is 28.9. The molecule has 38 heavy (non-hydrogen) atoms. The van der Waals surface area contributed by atoms with E-state index in [9.17, 15) is 35.9 Å². The van der Waals surface area contributed by atoms with Crippen LogP contribution >= 0.6 is 0 Å². The lowest BCUT2D eigenvalue weighted by atomic mass is 10.1. The van der Waals surface area contributed by atoms with Gasteiger partial charge in [-0.05, 0) is 42.3 Å². The van der Waals surface area contributed by atoms with E-state index in [2.05, 4.69) is 10.2 Å². The summed E-state index contributed by atoms with van der Waals surface area (Å²) in [5.74, 6) is -4.62. The highest BCUT2D eigenvalue weighted by atomic mass is 32.2. The third kappa shape index (κ3) is 12.3. The fourth-order valence-corrected chi connectivity index (χ4v) is 3.70. The van der Waals surface area contributed by atoms with Crippen LogP contribution in [0.4, 0.5) is 17.6 Å². The minimum Gasteiger partial charge on any atom is -0.494 e. The van der Waals surface area contributed by atoms with E-state index >= 15 is 0 Å². The molecule has 0 fully saturated rings. The maximum atomic E-state index is 13.3. The molecular weight excluding hydrogens is 544 g/mol. The summed E-state index contributed by atoms with van der Waals surface area (Å²) in [6.07, 6.45) is -4.67. The molecule has 210 valence electrons. The Morgan fingerprint density at radius 1 is 1.08 bits per heavy atom. The van der Waals surface area contributed by atoms with E-state index in [0.29, 0.717) is 24.3 Å². The Balaban J connectivity index is 0.000000905. The number of halogens is 4. The van der Waals surface area contributed by atoms with Gasteiger partial charge in [0, 0.05) is 6.42 Å². The number of alkyl halides is 3. The van der Waals surface area contributed by atoms with Crippen molar-refractivity contribution in [3.63, 3.8) is 0 Å². The van der Waals surface area contributed by atoms with E-state index in [1.54, 1.807) is 24.3 Å². The van der Waals surface area contributed by atoms with Gasteiger partial charge in [-0.2, -0.15) is 17.9 Å². The van der Waals surface area contributed by atoms with Crippen molar-refractivity contribution in [3.05, 3.63) is 59.9 Å². The molecule has 0 aliphatic heterocycles. The summed E-state index contributed by atoms with van der Waals surface area (Å²) in [6.45, 7) is 0.619. The SMILES string of the molecule is N=C(N)NOCCCOc1ccc(C[C@H](NS(=O)(=O)c2cccc(F)c2)C(=O)O)cc1.O=C(O)C(F)(F)F. The fraction of sp³-hybridized carbons (Fsp3) is 0.286. The first-order chi connectivity index (χ1) is 17.6. The smallest absolute Gasteiger partial charge is 0.490 e. The topological polar surface area (TPSA) is 201 Å². The molecule has 0 saturated heterocycles. The number of aliphatic carboxylic acids is 2. The predicted octanol–water partition coefficient (Wildman–Crippen LogP) is 1.62. The lowest BCUT2D eigenvalue weighted by Crippen LogP contribution is -2.42. The minimum absolute atomic E-state index is 0.116. The molecule has 0 saturated carbocycles. The quantitative estimate of drug-likeness (QED) is 0.0718. The van der Waals surface area contributed by atoms with Gasteiger partial charge in [-0.1, -0.05) is 18.2 Å². The first-order valence-electron chi connectivity index (χ1n) is 10.4. The van der Waals surface area contributed by atoms with E-state index in [-0.39, 0.29) is 23.9 Å². The van der Waals surface area contributed by atoms with Crippen molar-refractivity contribution in [1.82, 2.24) is 10.2 Å². The van der Waals surface area contributed by atoms with Crippen molar-refractivity contribution in [3.8, 4) is 5.75 Å². The molecule has 0 spiro atoms. The monoisotopic (exact) mass is 568 g/mol. The maximum absolute atomic E-state index is 13.3. The van der Waals surface area contributed by atoms with Crippen LogP contribution in [-0.4, -0.2) is 62.0 Å². The van der Waals surface area contributed by atoms with E-state index in [1.165, 1.54) is 12.1 Å². The second-order valence-electron chi connectivity index (χ2n) is 7.19. The molecule has 0 heterocycles. The van der Waals surface area contributed by atoms with Gasteiger partial charge in [0.2, 0.25) is 16.0 Å². The molecule has 12 nitrogen and oxygen atoms in total. The Labute approximate surface area is 213 Å². The molecule has 0 bridgehead atoms. The van der Waals surface area contributed by atoms with Crippen molar-refractivity contribution >= 4 is 27.9 Å². The van der Waals surface area contributed by atoms with Crippen LogP contribution < -0.4 is 20.7 Å². The maximum Gasteiger partial charge on any atom is 0.490 e. The van der Waals surface area contributed by atoms with E-state index in [1.807, 2.05) is 0 Å². The van der Waals surface area contributed by atoms with Crippen molar-refractivity contribution in [2.45, 2.75) is 30.0 Å². The average Bonchev–Trinajstić information content (AvgIpc) is 2.81. The Bertz CT molecular complexity index is 1190. The van der Waals surface area contributed by atoms with Gasteiger partial charge >= 0.3 is 18.1 Å². The van der Waals surface area contributed by atoms with Crippen molar-refractivity contribution in [2.75, 3.05) is 13.2 Å². The summed E-state index contributed by atoms with van der Waals surface area (Å²) < 4.78 is 77.4. The molecule has 0 aliphatic rings. The van der Waals surface area contributed by atoms with Crippen LogP contribution in [0.2, 0.25) is 0 Å². The van der Waals surface area contributed by atoms with Gasteiger partial charge in [0.25, 0.3) is 0 Å². The van der Waals surface area contributed by atoms with Crippen LogP contribution in [0.25, 0.3) is 0 Å². The molecular formula is C21H24F4N4O8S. The van der Waals surface area contributed by atoms with Crippen LogP contribution in [0, 0.1) is 11.2 Å². The number of carboxylic acids is 2. The molecule has 0 aromatic heterocycles. The highest BCUT2D eigenvalue weighted by Gasteiger charge is 2.38. The summed E-state index contributed by atoms with van der Waals surface area (Å²) in [5.41, 5.74) is 7.82. The van der Waals surface area contributed by atoms with Crippen LogP contribution in [0.3, 0.4) is 0 Å². The van der Waals surface area contributed by atoms with Gasteiger partial charge in [-0.3, -0.25) is 15.0 Å². The second-order valence-corrected chi connectivity index (χ2v) is 8.90. The Hall–Kier alpha value is -3.96. The number of guanidine groups is 1. The number of hydrogen-bond donors (Lipinski definition) is 6. The minimum atomic E-state index is -5.08. The summed E-state index contributed by atoms with van der Waals surface area (Å²) >= 11 is 0. The number of hydrogen-bond acceptors (Lipinski definition) is 7. The lowest BCUT2D eigenvalue weighted by molar-refractivity contribution is -0.192. The molecule has 0 unspecified atom stereocenters. The van der Waals surface area contributed by atoms with Crippen molar-refractivity contribution < 1.29 is 55.4 Å². The molecule has 2 aromatic rings. The van der Waals surface area contributed by atoms with Gasteiger partial charge in [0.05, 0.1) is 18.1 Å². The van der Waals surface area contributed by atoms with Crippen molar-refractivity contribution in [1.29, 1.82) is 5.41 Å². The van der Waals surface area contributed by atoms with Crippen LogP contribution in [-0.2, 0) is 30.9 Å². The van der Waals surface area contributed by atoms with Gasteiger partial charge in [0.15, 0.2) is 0 Å². The average molecular weight is 569 g/mol. The molecule has 17 heteroatoms. The van der Waals surface area contributed by atoms with Gasteiger partial charge in [-0.25, -0.2) is 23.1 Å². The predicted molar refractivity (Wildman–Crippen MR) is 123 cm³/mol. The summed E-state index contributed by atoms with van der Waals surface area (Å²) in [5, 5.41) is 23.5. The third-order valence-electron chi connectivity index (χ3n) is 4.15. The Morgan fingerprint density at radius 2 is 1.68 bits per heavy atom. The number of carbonyl (C=O) groups is 2. The Kier molecular flexibility index (Phi) is 12.4. The largest absolute Gasteiger partial charge is 0.494 e. The number of carboxylic acid groups (broad SMARTS) is 2. The molecule has 1 atom stereocenters.